The minimum Gasteiger partial charge on any atom is -0.505 e. The summed E-state index contributed by atoms with van der Waals surface area (Å²) in [7, 11) is 0. The molecule has 0 aliphatic rings. The third-order valence-electron chi connectivity index (χ3n) is 2.90. The van der Waals surface area contributed by atoms with E-state index in [0.717, 1.165) is 0 Å². The number of phenols is 2. The molecule has 0 atom stereocenters. The lowest BCUT2D eigenvalue weighted by atomic mass is 10.1. The summed E-state index contributed by atoms with van der Waals surface area (Å²) in [6, 6.07) is 8.62. The topological polar surface area (TPSA) is 108 Å². The molecule has 2 aromatic carbocycles. The number of phenolic OH excluding ortho intramolecular Hbond substituents is 2. The first-order chi connectivity index (χ1) is 10.0. The maximum atomic E-state index is 10.7. The molecule has 0 aromatic heterocycles. The quantitative estimate of drug-likeness (QED) is 0.503. The van der Waals surface area contributed by atoms with E-state index in [2.05, 4.69) is 10.2 Å². The van der Waals surface area contributed by atoms with Crippen LogP contribution in [0.15, 0.2) is 46.6 Å². The van der Waals surface area contributed by atoms with Crippen LogP contribution in [0.1, 0.15) is 12.5 Å². The van der Waals surface area contributed by atoms with Gasteiger partial charge in [-0.25, -0.2) is 0 Å². The minimum atomic E-state index is -0.536. The molecule has 21 heavy (non-hydrogen) atoms. The van der Waals surface area contributed by atoms with Gasteiger partial charge < -0.3 is 10.2 Å². The van der Waals surface area contributed by atoms with Gasteiger partial charge in [0.1, 0.15) is 11.5 Å². The van der Waals surface area contributed by atoms with Crippen LogP contribution in [-0.2, 0) is 6.42 Å². The molecule has 0 fully saturated rings. The van der Waals surface area contributed by atoms with Gasteiger partial charge in [0.25, 0.3) is 5.69 Å². The molecule has 0 aliphatic carbocycles. The fraction of sp³-hybridized carbons (Fsp3) is 0.143. The highest BCUT2D eigenvalue weighted by Gasteiger charge is 2.11. The van der Waals surface area contributed by atoms with Crippen LogP contribution in [0.3, 0.4) is 0 Å². The first-order valence-corrected chi connectivity index (χ1v) is 6.23. The molecule has 0 saturated heterocycles. The van der Waals surface area contributed by atoms with E-state index in [-0.39, 0.29) is 28.6 Å². The van der Waals surface area contributed by atoms with Crippen LogP contribution >= 0.6 is 0 Å². The fourth-order valence-electron chi connectivity index (χ4n) is 1.77. The molecule has 0 heterocycles. The Labute approximate surface area is 120 Å². The smallest absolute Gasteiger partial charge is 0.271 e. The molecule has 0 unspecified atom stereocenters. The van der Waals surface area contributed by atoms with E-state index in [4.69, 9.17) is 0 Å². The molecule has 7 heteroatoms. The summed E-state index contributed by atoms with van der Waals surface area (Å²) < 4.78 is 0. The number of azo groups is 1. The van der Waals surface area contributed by atoms with E-state index in [1.165, 1.54) is 30.3 Å². The van der Waals surface area contributed by atoms with Crippen LogP contribution in [0, 0.1) is 10.1 Å². The Morgan fingerprint density at radius 1 is 1.19 bits per heavy atom. The molecular formula is C14H13N3O4. The Bertz CT molecular complexity index is 713. The van der Waals surface area contributed by atoms with Gasteiger partial charge in [-0.05, 0) is 24.1 Å². The molecule has 2 rings (SSSR count). The van der Waals surface area contributed by atoms with Crippen molar-refractivity contribution in [3.8, 4) is 11.5 Å². The Morgan fingerprint density at radius 3 is 2.62 bits per heavy atom. The molecular weight excluding hydrogens is 274 g/mol. The summed E-state index contributed by atoms with van der Waals surface area (Å²) in [5.41, 5.74) is 0.716. The molecule has 2 N–H and O–H groups in total. The zero-order chi connectivity index (χ0) is 15.4. The summed E-state index contributed by atoms with van der Waals surface area (Å²) >= 11 is 0. The molecule has 0 bridgehead atoms. The Kier molecular flexibility index (Phi) is 4.13. The summed E-state index contributed by atoms with van der Waals surface area (Å²) in [6.45, 7) is 1.85. The number of aryl methyl sites for hydroxylation is 1. The number of rotatable bonds is 4. The van der Waals surface area contributed by atoms with Gasteiger partial charge in [-0.2, -0.15) is 5.11 Å². The van der Waals surface area contributed by atoms with Gasteiger partial charge in [0.2, 0.25) is 0 Å². The molecule has 0 radical (unpaired) electrons. The number of aromatic hydroxyl groups is 2. The molecule has 7 nitrogen and oxygen atoms in total. The van der Waals surface area contributed by atoms with Crippen molar-refractivity contribution in [1.29, 1.82) is 0 Å². The van der Waals surface area contributed by atoms with Crippen molar-refractivity contribution in [2.75, 3.05) is 0 Å². The van der Waals surface area contributed by atoms with Gasteiger partial charge in [0, 0.05) is 12.1 Å². The van der Waals surface area contributed by atoms with Gasteiger partial charge >= 0.3 is 0 Å². The van der Waals surface area contributed by atoms with Crippen LogP contribution < -0.4 is 0 Å². The Balaban J connectivity index is 2.38. The average Bonchev–Trinajstić information content (AvgIpc) is 2.47. The number of nitrogens with zero attached hydrogens (tertiary/aromatic N) is 3. The maximum Gasteiger partial charge on any atom is 0.271 e. The predicted molar refractivity (Wildman–Crippen MR) is 76.4 cm³/mol. The number of benzene rings is 2. The normalized spacial score (nSPS) is 10.9. The van der Waals surface area contributed by atoms with Crippen molar-refractivity contribution in [1.82, 2.24) is 0 Å². The van der Waals surface area contributed by atoms with E-state index >= 15 is 0 Å². The van der Waals surface area contributed by atoms with Crippen molar-refractivity contribution in [3.63, 3.8) is 0 Å². The minimum absolute atomic E-state index is 0.0548. The first kappa shape index (κ1) is 14.4. The summed E-state index contributed by atoms with van der Waals surface area (Å²) in [5.74, 6) is -0.356. The molecule has 0 amide bonds. The van der Waals surface area contributed by atoms with E-state index in [0.29, 0.717) is 12.0 Å². The number of nitro benzene ring substituents is 1. The SMILES string of the molecule is CCc1ccc(O)c(N=Nc2cccc([N+](=O)[O-])c2)c1O. The first-order valence-electron chi connectivity index (χ1n) is 6.23. The van der Waals surface area contributed by atoms with E-state index in [9.17, 15) is 20.3 Å². The largest absolute Gasteiger partial charge is 0.505 e. The second kappa shape index (κ2) is 6.00. The Morgan fingerprint density at radius 2 is 1.95 bits per heavy atom. The van der Waals surface area contributed by atoms with Gasteiger partial charge in [0.15, 0.2) is 5.69 Å². The van der Waals surface area contributed by atoms with Crippen LogP contribution in [0.5, 0.6) is 11.5 Å². The van der Waals surface area contributed by atoms with Crippen molar-refractivity contribution in [3.05, 3.63) is 52.1 Å². The monoisotopic (exact) mass is 287 g/mol. The van der Waals surface area contributed by atoms with E-state index < -0.39 is 4.92 Å². The van der Waals surface area contributed by atoms with Crippen LogP contribution in [0.4, 0.5) is 17.1 Å². The van der Waals surface area contributed by atoms with Crippen molar-refractivity contribution in [2.45, 2.75) is 13.3 Å². The highest BCUT2D eigenvalue weighted by atomic mass is 16.6. The third-order valence-corrected chi connectivity index (χ3v) is 2.90. The number of nitro groups is 1. The molecule has 0 saturated carbocycles. The van der Waals surface area contributed by atoms with Crippen LogP contribution in [-0.4, -0.2) is 15.1 Å². The number of hydrogen-bond donors (Lipinski definition) is 2. The molecule has 0 spiro atoms. The number of hydrogen-bond acceptors (Lipinski definition) is 6. The second-order valence-corrected chi connectivity index (χ2v) is 4.27. The Hall–Kier alpha value is -2.96. The summed E-state index contributed by atoms with van der Waals surface area (Å²) in [6.07, 6.45) is 0.575. The van der Waals surface area contributed by atoms with E-state index in [1.54, 1.807) is 6.07 Å². The van der Waals surface area contributed by atoms with Gasteiger partial charge in [0.05, 0.1) is 10.6 Å². The summed E-state index contributed by atoms with van der Waals surface area (Å²) in [5, 5.41) is 38.0. The van der Waals surface area contributed by atoms with Crippen molar-refractivity contribution < 1.29 is 15.1 Å². The van der Waals surface area contributed by atoms with Crippen molar-refractivity contribution in [2.24, 2.45) is 10.2 Å². The van der Waals surface area contributed by atoms with Crippen LogP contribution in [0.25, 0.3) is 0 Å². The molecule has 108 valence electrons. The highest BCUT2D eigenvalue weighted by molar-refractivity contribution is 5.64. The van der Waals surface area contributed by atoms with Crippen LogP contribution in [0.2, 0.25) is 0 Å². The standard InChI is InChI=1S/C14H13N3O4/c1-2-9-6-7-12(18)13(14(9)19)16-15-10-4-3-5-11(8-10)17(20)21/h3-8,18-19H,2H2,1H3. The number of non-ortho nitro benzene ring substituents is 1. The average molecular weight is 287 g/mol. The second-order valence-electron chi connectivity index (χ2n) is 4.27. The highest BCUT2D eigenvalue weighted by Crippen LogP contribution is 2.39. The van der Waals surface area contributed by atoms with Gasteiger partial charge in [-0.1, -0.05) is 19.1 Å². The summed E-state index contributed by atoms with van der Waals surface area (Å²) in [4.78, 5) is 10.1. The zero-order valence-electron chi connectivity index (χ0n) is 11.2. The molecule has 0 aliphatic heterocycles. The lowest BCUT2D eigenvalue weighted by molar-refractivity contribution is -0.384. The fourth-order valence-corrected chi connectivity index (χ4v) is 1.77. The maximum absolute atomic E-state index is 10.7. The lowest BCUT2D eigenvalue weighted by Gasteiger charge is -2.05. The van der Waals surface area contributed by atoms with Gasteiger partial charge in [-0.3, -0.25) is 10.1 Å². The van der Waals surface area contributed by atoms with E-state index in [1.807, 2.05) is 6.92 Å². The lowest BCUT2D eigenvalue weighted by Crippen LogP contribution is -1.85. The van der Waals surface area contributed by atoms with Crippen molar-refractivity contribution >= 4 is 17.1 Å². The third kappa shape index (κ3) is 3.14. The van der Waals surface area contributed by atoms with Gasteiger partial charge in [-0.15, -0.1) is 5.11 Å². The molecule has 2 aromatic rings. The zero-order valence-corrected chi connectivity index (χ0v) is 11.2. The predicted octanol–water partition coefficient (Wildman–Crippen LogP) is 3.98.